The van der Waals surface area contributed by atoms with Gasteiger partial charge in [0.05, 0.1) is 10.6 Å². The van der Waals surface area contributed by atoms with Gasteiger partial charge >= 0.3 is 0 Å². The fourth-order valence-electron chi connectivity index (χ4n) is 2.43. The van der Waals surface area contributed by atoms with E-state index in [1.165, 1.54) is 0 Å². The molecule has 2 rings (SSSR count). The van der Waals surface area contributed by atoms with Crippen molar-refractivity contribution in [2.45, 2.75) is 38.3 Å². The Kier molecular flexibility index (Phi) is 5.03. The van der Waals surface area contributed by atoms with Gasteiger partial charge in [-0.1, -0.05) is 6.07 Å². The lowest BCUT2D eigenvalue weighted by atomic mass is 9.87. The summed E-state index contributed by atoms with van der Waals surface area (Å²) in [4.78, 5) is 0. The number of rotatable bonds is 4. The minimum absolute atomic E-state index is 0.0747. The van der Waals surface area contributed by atoms with Gasteiger partial charge in [-0.25, -0.2) is 0 Å². The lowest BCUT2D eigenvalue weighted by Crippen LogP contribution is -2.27. The monoisotopic (exact) mass is 313 g/mol. The summed E-state index contributed by atoms with van der Waals surface area (Å²) in [7, 11) is 0. The molecule has 1 aromatic rings. The summed E-state index contributed by atoms with van der Waals surface area (Å²) in [6.07, 6.45) is 4.05. The van der Waals surface area contributed by atoms with Crippen LogP contribution in [0.1, 0.15) is 31.2 Å². The first-order valence-corrected chi connectivity index (χ1v) is 7.30. The smallest absolute Gasteiger partial charge is 0.129 e. The van der Waals surface area contributed by atoms with E-state index in [4.69, 9.17) is 0 Å². The normalized spacial score (nSPS) is 24.1. The van der Waals surface area contributed by atoms with Crippen LogP contribution in [0.2, 0.25) is 0 Å². The first-order valence-electron chi connectivity index (χ1n) is 6.51. The number of hydrogen-bond donors (Lipinski definition) is 3. The molecule has 0 aromatic heterocycles. The van der Waals surface area contributed by atoms with Crippen molar-refractivity contribution in [3.63, 3.8) is 0 Å². The van der Waals surface area contributed by atoms with Crippen LogP contribution < -0.4 is 5.32 Å². The number of halogens is 1. The summed E-state index contributed by atoms with van der Waals surface area (Å²) in [5.74, 6) is 0.967. The molecule has 1 saturated carbocycles. The molecule has 100 valence electrons. The predicted molar refractivity (Wildman–Crippen MR) is 75.5 cm³/mol. The van der Waals surface area contributed by atoms with E-state index in [2.05, 4.69) is 21.2 Å². The Morgan fingerprint density at radius 3 is 2.61 bits per heavy atom. The highest BCUT2D eigenvalue weighted by Gasteiger charge is 2.18. The number of nitrogens with one attached hydrogen (secondary N) is 1. The standard InChI is InChI=1S/C14H20BrNO2/c15-13-7-11(3-6-14(13)18)9-16-8-10-1-4-12(17)5-2-10/h3,6-7,10,12,16-18H,1-2,4-5,8-9H2. The maximum atomic E-state index is 9.44. The molecule has 1 aromatic carbocycles. The molecule has 1 aliphatic carbocycles. The Labute approximate surface area is 116 Å². The van der Waals surface area contributed by atoms with Crippen molar-refractivity contribution in [3.05, 3.63) is 28.2 Å². The van der Waals surface area contributed by atoms with E-state index >= 15 is 0 Å². The highest BCUT2D eigenvalue weighted by molar-refractivity contribution is 9.10. The number of aromatic hydroxyl groups is 1. The van der Waals surface area contributed by atoms with Gasteiger partial charge in [0.25, 0.3) is 0 Å². The summed E-state index contributed by atoms with van der Waals surface area (Å²) in [6.45, 7) is 1.82. The van der Waals surface area contributed by atoms with Crippen molar-refractivity contribution in [1.29, 1.82) is 0 Å². The number of aliphatic hydroxyl groups excluding tert-OH is 1. The van der Waals surface area contributed by atoms with E-state index in [0.29, 0.717) is 5.92 Å². The average Bonchev–Trinajstić information content (AvgIpc) is 2.36. The van der Waals surface area contributed by atoms with Crippen LogP contribution in [0.15, 0.2) is 22.7 Å². The molecule has 0 saturated heterocycles. The van der Waals surface area contributed by atoms with Crippen LogP contribution in [0.25, 0.3) is 0 Å². The number of benzene rings is 1. The molecule has 0 amide bonds. The van der Waals surface area contributed by atoms with E-state index in [9.17, 15) is 10.2 Å². The summed E-state index contributed by atoms with van der Waals surface area (Å²) in [5, 5.41) is 22.3. The molecule has 18 heavy (non-hydrogen) atoms. The van der Waals surface area contributed by atoms with Gasteiger partial charge in [-0.05, 0) is 71.8 Å². The number of phenolic OH excluding ortho intramolecular Hbond substituents is 1. The molecule has 0 atom stereocenters. The van der Waals surface area contributed by atoms with Gasteiger partial charge < -0.3 is 15.5 Å². The average molecular weight is 314 g/mol. The van der Waals surface area contributed by atoms with E-state index in [0.717, 1.165) is 48.8 Å². The first kappa shape index (κ1) is 13.8. The van der Waals surface area contributed by atoms with Crippen LogP contribution in [0, 0.1) is 5.92 Å². The molecule has 4 heteroatoms. The van der Waals surface area contributed by atoms with Gasteiger partial charge in [-0.2, -0.15) is 0 Å². The van der Waals surface area contributed by atoms with E-state index in [1.807, 2.05) is 12.1 Å². The molecule has 1 aliphatic rings. The molecule has 0 heterocycles. The third-order valence-electron chi connectivity index (χ3n) is 3.59. The Bertz CT molecular complexity index is 389. The molecule has 0 aliphatic heterocycles. The number of aliphatic hydroxyl groups is 1. The van der Waals surface area contributed by atoms with Crippen molar-refractivity contribution in [3.8, 4) is 5.75 Å². The van der Waals surface area contributed by atoms with Crippen LogP contribution in [0.5, 0.6) is 5.75 Å². The zero-order chi connectivity index (χ0) is 13.0. The Hall–Kier alpha value is -0.580. The minimum atomic E-state index is -0.0747. The third kappa shape index (κ3) is 3.97. The maximum Gasteiger partial charge on any atom is 0.129 e. The molecular weight excluding hydrogens is 294 g/mol. The molecule has 0 bridgehead atoms. The minimum Gasteiger partial charge on any atom is -0.507 e. The van der Waals surface area contributed by atoms with Crippen LogP contribution in [-0.4, -0.2) is 22.9 Å². The van der Waals surface area contributed by atoms with Gasteiger partial charge in [0.1, 0.15) is 5.75 Å². The largest absolute Gasteiger partial charge is 0.507 e. The molecule has 3 nitrogen and oxygen atoms in total. The third-order valence-corrected chi connectivity index (χ3v) is 4.23. The number of hydrogen-bond acceptors (Lipinski definition) is 3. The lowest BCUT2D eigenvalue weighted by Gasteiger charge is -2.25. The summed E-state index contributed by atoms with van der Waals surface area (Å²) < 4.78 is 0.739. The second kappa shape index (κ2) is 6.55. The Balaban J connectivity index is 1.73. The maximum absolute atomic E-state index is 9.44. The molecule has 3 N–H and O–H groups in total. The zero-order valence-electron chi connectivity index (χ0n) is 10.4. The summed E-state index contributed by atoms with van der Waals surface area (Å²) in [6, 6.07) is 5.57. The SMILES string of the molecule is Oc1ccc(CNCC2CCC(O)CC2)cc1Br. The molecular formula is C14H20BrNO2. The zero-order valence-corrected chi connectivity index (χ0v) is 12.0. The van der Waals surface area contributed by atoms with Crippen LogP contribution in [0.4, 0.5) is 0 Å². The van der Waals surface area contributed by atoms with Crippen molar-refractivity contribution >= 4 is 15.9 Å². The van der Waals surface area contributed by atoms with E-state index < -0.39 is 0 Å². The van der Waals surface area contributed by atoms with Crippen LogP contribution in [0.3, 0.4) is 0 Å². The van der Waals surface area contributed by atoms with Crippen LogP contribution >= 0.6 is 15.9 Å². The number of phenols is 1. The molecule has 0 radical (unpaired) electrons. The lowest BCUT2D eigenvalue weighted by molar-refractivity contribution is 0.108. The van der Waals surface area contributed by atoms with Crippen molar-refractivity contribution in [2.24, 2.45) is 5.92 Å². The van der Waals surface area contributed by atoms with Crippen molar-refractivity contribution < 1.29 is 10.2 Å². The first-order chi connectivity index (χ1) is 8.65. The van der Waals surface area contributed by atoms with E-state index in [1.54, 1.807) is 6.07 Å². The van der Waals surface area contributed by atoms with Gasteiger partial charge in [0.15, 0.2) is 0 Å². The highest BCUT2D eigenvalue weighted by Crippen LogP contribution is 2.25. The van der Waals surface area contributed by atoms with Gasteiger partial charge in [-0.3, -0.25) is 0 Å². The van der Waals surface area contributed by atoms with Gasteiger partial charge in [0.2, 0.25) is 0 Å². The topological polar surface area (TPSA) is 52.5 Å². The van der Waals surface area contributed by atoms with Gasteiger partial charge in [-0.15, -0.1) is 0 Å². The fraction of sp³-hybridized carbons (Fsp3) is 0.571. The molecule has 1 fully saturated rings. The van der Waals surface area contributed by atoms with Crippen molar-refractivity contribution in [1.82, 2.24) is 5.32 Å². The highest BCUT2D eigenvalue weighted by atomic mass is 79.9. The second-order valence-corrected chi connectivity index (χ2v) is 5.95. The predicted octanol–water partition coefficient (Wildman–Crippen LogP) is 2.80. The Morgan fingerprint density at radius 1 is 1.22 bits per heavy atom. The second-order valence-electron chi connectivity index (χ2n) is 5.09. The quantitative estimate of drug-likeness (QED) is 0.801. The summed E-state index contributed by atoms with van der Waals surface area (Å²) >= 11 is 3.32. The molecule has 0 spiro atoms. The fourth-order valence-corrected chi connectivity index (χ4v) is 2.86. The van der Waals surface area contributed by atoms with Crippen LogP contribution in [-0.2, 0) is 6.54 Å². The summed E-state index contributed by atoms with van der Waals surface area (Å²) in [5.41, 5.74) is 1.16. The van der Waals surface area contributed by atoms with Crippen molar-refractivity contribution in [2.75, 3.05) is 6.54 Å². The Morgan fingerprint density at radius 2 is 1.94 bits per heavy atom. The molecule has 0 unspecified atom stereocenters. The van der Waals surface area contributed by atoms with E-state index in [-0.39, 0.29) is 11.9 Å². The van der Waals surface area contributed by atoms with Gasteiger partial charge in [0, 0.05) is 6.54 Å².